The summed E-state index contributed by atoms with van der Waals surface area (Å²) in [6, 6.07) is 14.9. The van der Waals surface area contributed by atoms with Crippen LogP contribution in [0.1, 0.15) is 44.9 Å². The minimum atomic E-state index is -0.193. The molecule has 2 N–H and O–H groups in total. The van der Waals surface area contributed by atoms with Crippen molar-refractivity contribution in [1.29, 1.82) is 0 Å². The summed E-state index contributed by atoms with van der Waals surface area (Å²) >= 11 is 0. The van der Waals surface area contributed by atoms with E-state index in [1.54, 1.807) is 0 Å². The van der Waals surface area contributed by atoms with Crippen LogP contribution in [0.2, 0.25) is 0 Å². The van der Waals surface area contributed by atoms with Crippen molar-refractivity contribution >= 4 is 0 Å². The Morgan fingerprint density at radius 1 is 1.04 bits per heavy atom. The molecule has 0 aliphatic heterocycles. The molecule has 2 aromatic rings. The minimum absolute atomic E-state index is 0.193. The van der Waals surface area contributed by atoms with Gasteiger partial charge in [0.1, 0.15) is 19.2 Å². The molecule has 0 fully saturated rings. The van der Waals surface area contributed by atoms with Crippen LogP contribution >= 0.6 is 0 Å². The van der Waals surface area contributed by atoms with Crippen LogP contribution in [-0.2, 0) is 13.1 Å². The maximum Gasteiger partial charge on any atom is 0.118 e. The quantitative estimate of drug-likeness (QED) is 0.690. The van der Waals surface area contributed by atoms with Crippen molar-refractivity contribution < 1.29 is 10.0 Å². The number of quaternary nitrogens is 1. The number of rotatable bonds is 10. The second kappa shape index (κ2) is 9.65. The van der Waals surface area contributed by atoms with Crippen LogP contribution in [0.3, 0.4) is 0 Å². The highest BCUT2D eigenvalue weighted by Gasteiger charge is 2.18. The van der Waals surface area contributed by atoms with E-state index in [9.17, 15) is 5.11 Å². The Kier molecular flexibility index (Phi) is 7.54. The lowest BCUT2D eigenvalue weighted by molar-refractivity contribution is -0.920. The summed E-state index contributed by atoms with van der Waals surface area (Å²) in [7, 11) is 0. The highest BCUT2D eigenvalue weighted by atomic mass is 16.3. The third kappa shape index (κ3) is 6.14. The second-order valence-corrected chi connectivity index (χ2v) is 7.28. The van der Waals surface area contributed by atoms with E-state index in [1.165, 1.54) is 16.2 Å². The Morgan fingerprint density at radius 2 is 1.79 bits per heavy atom. The van der Waals surface area contributed by atoms with Gasteiger partial charge in [-0.15, -0.1) is 0 Å². The van der Waals surface area contributed by atoms with Gasteiger partial charge in [-0.25, -0.2) is 0 Å². The summed E-state index contributed by atoms with van der Waals surface area (Å²) in [4.78, 5) is 1.47. The molecule has 0 aliphatic rings. The Balaban J connectivity index is 2.04. The van der Waals surface area contributed by atoms with Gasteiger partial charge in [0.25, 0.3) is 0 Å². The van der Waals surface area contributed by atoms with Crippen LogP contribution in [0, 0.1) is 5.92 Å². The third-order valence-electron chi connectivity index (χ3n) is 4.39. The van der Waals surface area contributed by atoms with Crippen LogP contribution in [-0.4, -0.2) is 28.9 Å². The molecule has 132 valence electrons. The number of hydrogen-bond acceptors (Lipinski definition) is 1. The van der Waals surface area contributed by atoms with Gasteiger partial charge in [0.2, 0.25) is 0 Å². The summed E-state index contributed by atoms with van der Waals surface area (Å²) in [6.45, 7) is 10.5. The number of aliphatic hydroxyl groups is 1. The molecule has 1 aromatic heterocycles. The fraction of sp³-hybridized carbons (Fsp3) is 0.524. The van der Waals surface area contributed by atoms with Crippen molar-refractivity contribution in [3.8, 4) is 0 Å². The number of nitrogens with one attached hydrogen (secondary N) is 1. The summed E-state index contributed by atoms with van der Waals surface area (Å²) < 4.78 is 2.34. The number of aromatic nitrogens is 1. The zero-order chi connectivity index (χ0) is 17.4. The zero-order valence-electron chi connectivity index (χ0n) is 15.4. The van der Waals surface area contributed by atoms with Crippen LogP contribution in [0.4, 0.5) is 0 Å². The number of aliphatic hydroxyl groups excluding tert-OH is 1. The van der Waals surface area contributed by atoms with Gasteiger partial charge in [-0.05, 0) is 24.1 Å². The predicted molar refractivity (Wildman–Crippen MR) is 100 cm³/mol. The van der Waals surface area contributed by atoms with Crippen LogP contribution in [0.5, 0.6) is 0 Å². The average Bonchev–Trinajstić information content (AvgIpc) is 2.94. The van der Waals surface area contributed by atoms with E-state index in [2.05, 4.69) is 74.0 Å². The smallest absolute Gasteiger partial charge is 0.118 e. The molecular weight excluding hydrogens is 296 g/mol. The average molecular weight is 330 g/mol. The van der Waals surface area contributed by atoms with Crippen molar-refractivity contribution in [3.63, 3.8) is 0 Å². The number of nitrogens with zero attached hydrogens (tertiary/aromatic N) is 1. The van der Waals surface area contributed by atoms with E-state index in [4.69, 9.17) is 0 Å². The normalized spacial score (nSPS) is 14.0. The molecule has 0 amide bonds. The molecule has 2 atom stereocenters. The molecule has 1 unspecified atom stereocenters. The molecule has 0 aliphatic carbocycles. The highest BCUT2D eigenvalue weighted by molar-refractivity contribution is 5.17. The maximum atomic E-state index is 10.2. The lowest BCUT2D eigenvalue weighted by Crippen LogP contribution is -3.12. The molecule has 1 aromatic carbocycles. The zero-order valence-corrected chi connectivity index (χ0v) is 15.4. The second-order valence-electron chi connectivity index (χ2n) is 7.28. The summed E-state index contributed by atoms with van der Waals surface area (Å²) in [5.74, 6) is 0.631. The number of hydrogen-bond donors (Lipinski definition) is 2. The van der Waals surface area contributed by atoms with Gasteiger partial charge in [0, 0.05) is 18.7 Å². The van der Waals surface area contributed by atoms with Crippen molar-refractivity contribution in [2.45, 2.75) is 52.8 Å². The molecule has 3 heteroatoms. The highest BCUT2D eigenvalue weighted by Crippen LogP contribution is 2.07. The summed E-state index contributed by atoms with van der Waals surface area (Å²) in [5.41, 5.74) is 2.67. The monoisotopic (exact) mass is 329 g/mol. The van der Waals surface area contributed by atoms with Crippen LogP contribution in [0.25, 0.3) is 0 Å². The first-order chi connectivity index (χ1) is 11.6. The SMILES string of the molecule is CCC[C@@H](O)C[NH+](Cc1cccn1Cc1ccccc1)CC(C)C. The van der Waals surface area contributed by atoms with Gasteiger partial charge in [0.05, 0.1) is 12.2 Å². The first-order valence-corrected chi connectivity index (χ1v) is 9.28. The standard InChI is InChI=1S/C21H32N2O/c1-4-9-21(24)17-22(14-18(2)3)16-20-12-8-13-23(20)15-19-10-6-5-7-11-19/h5-8,10-13,18,21,24H,4,9,14-17H2,1-3H3/p+1/t21-/m1/s1. The van der Waals surface area contributed by atoms with Gasteiger partial charge in [-0.1, -0.05) is 57.5 Å². The van der Waals surface area contributed by atoms with Gasteiger partial charge in [0.15, 0.2) is 0 Å². The Bertz CT molecular complexity index is 577. The molecule has 0 spiro atoms. The van der Waals surface area contributed by atoms with E-state index in [0.717, 1.165) is 39.0 Å². The molecule has 0 radical (unpaired) electrons. The fourth-order valence-electron chi connectivity index (χ4n) is 3.37. The van der Waals surface area contributed by atoms with E-state index in [1.807, 2.05) is 0 Å². The van der Waals surface area contributed by atoms with Crippen LogP contribution < -0.4 is 4.90 Å². The molecule has 0 saturated heterocycles. The molecule has 0 bridgehead atoms. The lowest BCUT2D eigenvalue weighted by atomic mass is 10.1. The van der Waals surface area contributed by atoms with Crippen molar-refractivity contribution in [1.82, 2.24) is 4.57 Å². The topological polar surface area (TPSA) is 29.6 Å². The third-order valence-corrected chi connectivity index (χ3v) is 4.39. The lowest BCUT2D eigenvalue weighted by Gasteiger charge is -2.24. The minimum Gasteiger partial charge on any atom is -0.387 e. The maximum absolute atomic E-state index is 10.2. The fourth-order valence-corrected chi connectivity index (χ4v) is 3.37. The molecule has 0 saturated carbocycles. The molecule has 24 heavy (non-hydrogen) atoms. The van der Waals surface area contributed by atoms with Gasteiger partial charge >= 0.3 is 0 Å². The summed E-state index contributed by atoms with van der Waals surface area (Å²) in [5, 5.41) is 10.2. The molecule has 1 heterocycles. The number of benzene rings is 1. The Labute approximate surface area is 146 Å². The Hall–Kier alpha value is -1.58. The van der Waals surface area contributed by atoms with Crippen molar-refractivity contribution in [3.05, 3.63) is 59.9 Å². The van der Waals surface area contributed by atoms with Gasteiger partial charge in [-0.3, -0.25) is 0 Å². The van der Waals surface area contributed by atoms with Crippen molar-refractivity contribution in [2.75, 3.05) is 13.1 Å². The van der Waals surface area contributed by atoms with Crippen molar-refractivity contribution in [2.24, 2.45) is 5.92 Å². The first-order valence-electron chi connectivity index (χ1n) is 9.28. The molecule has 3 nitrogen and oxygen atoms in total. The van der Waals surface area contributed by atoms with E-state index in [-0.39, 0.29) is 6.10 Å². The Morgan fingerprint density at radius 3 is 2.46 bits per heavy atom. The molecular formula is C21H33N2O+. The van der Waals surface area contributed by atoms with Gasteiger partial charge in [-0.2, -0.15) is 0 Å². The summed E-state index contributed by atoms with van der Waals surface area (Å²) in [6.07, 6.45) is 3.91. The van der Waals surface area contributed by atoms with E-state index in [0.29, 0.717) is 5.92 Å². The predicted octanol–water partition coefficient (Wildman–Crippen LogP) is 2.74. The first kappa shape index (κ1) is 18.8. The molecule has 2 rings (SSSR count). The largest absolute Gasteiger partial charge is 0.387 e. The van der Waals surface area contributed by atoms with E-state index >= 15 is 0 Å². The van der Waals surface area contributed by atoms with E-state index < -0.39 is 0 Å². The van der Waals surface area contributed by atoms with Gasteiger partial charge < -0.3 is 14.6 Å². The van der Waals surface area contributed by atoms with Crippen LogP contribution in [0.15, 0.2) is 48.7 Å².